The number of rotatable bonds is 4. The lowest BCUT2D eigenvalue weighted by Crippen LogP contribution is -2.45. The number of carbonyl (C=O) groups is 3. The van der Waals surface area contributed by atoms with Crippen molar-refractivity contribution >= 4 is 24.2 Å². The summed E-state index contributed by atoms with van der Waals surface area (Å²) >= 11 is 0. The van der Waals surface area contributed by atoms with Crippen molar-refractivity contribution in [2.45, 2.75) is 52.3 Å². The van der Waals surface area contributed by atoms with E-state index in [9.17, 15) is 14.4 Å². The number of ether oxygens (including phenoxy) is 2. The SMILES string of the molecule is CCOC(=O)C1Cc2c(cccc2NC(=O)OC(C)(C)C)CN1C=O. The molecule has 7 heteroatoms. The summed E-state index contributed by atoms with van der Waals surface area (Å²) in [4.78, 5) is 37.0. The first kappa shape index (κ1) is 18.8. The molecule has 25 heavy (non-hydrogen) atoms. The molecule has 0 aliphatic carbocycles. The average Bonchev–Trinajstić information content (AvgIpc) is 2.52. The van der Waals surface area contributed by atoms with Crippen LogP contribution in [0.2, 0.25) is 0 Å². The van der Waals surface area contributed by atoms with Crippen molar-refractivity contribution in [3.63, 3.8) is 0 Å². The number of anilines is 1. The van der Waals surface area contributed by atoms with Crippen LogP contribution in [0.4, 0.5) is 10.5 Å². The van der Waals surface area contributed by atoms with Crippen LogP contribution in [-0.2, 0) is 32.0 Å². The quantitative estimate of drug-likeness (QED) is 0.667. The van der Waals surface area contributed by atoms with Gasteiger partial charge in [-0.2, -0.15) is 0 Å². The lowest BCUT2D eigenvalue weighted by molar-refractivity contribution is -0.152. The van der Waals surface area contributed by atoms with Crippen LogP contribution in [0, 0.1) is 0 Å². The molecule has 1 N–H and O–H groups in total. The Labute approximate surface area is 147 Å². The van der Waals surface area contributed by atoms with Crippen molar-refractivity contribution < 1.29 is 23.9 Å². The van der Waals surface area contributed by atoms with E-state index >= 15 is 0 Å². The van der Waals surface area contributed by atoms with E-state index in [4.69, 9.17) is 9.47 Å². The molecule has 0 bridgehead atoms. The van der Waals surface area contributed by atoms with Crippen LogP contribution in [0.25, 0.3) is 0 Å². The highest BCUT2D eigenvalue weighted by atomic mass is 16.6. The second-order valence-electron chi connectivity index (χ2n) is 6.82. The Hall–Kier alpha value is -2.57. The van der Waals surface area contributed by atoms with Gasteiger partial charge in [0.15, 0.2) is 0 Å². The third kappa shape index (κ3) is 4.71. The lowest BCUT2D eigenvalue weighted by atomic mass is 9.92. The van der Waals surface area contributed by atoms with E-state index < -0.39 is 23.7 Å². The van der Waals surface area contributed by atoms with Crippen molar-refractivity contribution in [1.82, 2.24) is 4.90 Å². The largest absolute Gasteiger partial charge is 0.464 e. The minimum atomic E-state index is -0.702. The fourth-order valence-corrected chi connectivity index (χ4v) is 2.74. The van der Waals surface area contributed by atoms with Crippen molar-refractivity contribution in [2.75, 3.05) is 11.9 Å². The summed E-state index contributed by atoms with van der Waals surface area (Å²) in [5.41, 5.74) is 1.65. The Morgan fingerprint density at radius 1 is 1.36 bits per heavy atom. The van der Waals surface area contributed by atoms with E-state index in [2.05, 4.69) is 5.32 Å². The van der Waals surface area contributed by atoms with Gasteiger partial charge < -0.3 is 14.4 Å². The maximum atomic E-state index is 12.2. The van der Waals surface area contributed by atoms with Gasteiger partial charge in [-0.3, -0.25) is 10.1 Å². The maximum absolute atomic E-state index is 12.2. The first-order valence-corrected chi connectivity index (χ1v) is 8.23. The van der Waals surface area contributed by atoms with E-state index in [-0.39, 0.29) is 19.6 Å². The number of hydrogen-bond acceptors (Lipinski definition) is 5. The molecule has 1 aliphatic heterocycles. The number of nitrogens with zero attached hydrogens (tertiary/aromatic N) is 1. The molecule has 0 saturated carbocycles. The Morgan fingerprint density at radius 3 is 2.68 bits per heavy atom. The predicted molar refractivity (Wildman–Crippen MR) is 92.0 cm³/mol. The molecule has 1 unspecified atom stereocenters. The number of carbonyl (C=O) groups excluding carboxylic acids is 3. The molecule has 0 spiro atoms. The average molecular weight is 348 g/mol. The summed E-state index contributed by atoms with van der Waals surface area (Å²) in [7, 11) is 0. The molecule has 7 nitrogen and oxygen atoms in total. The number of fused-ring (bicyclic) bond motifs is 1. The van der Waals surface area contributed by atoms with Crippen LogP contribution < -0.4 is 5.32 Å². The summed E-state index contributed by atoms with van der Waals surface area (Å²) in [6.07, 6.45) is 0.364. The van der Waals surface area contributed by atoms with Crippen LogP contribution in [0.1, 0.15) is 38.8 Å². The number of esters is 1. The zero-order valence-electron chi connectivity index (χ0n) is 15.0. The van der Waals surface area contributed by atoms with Gasteiger partial charge in [0.1, 0.15) is 11.6 Å². The second-order valence-corrected chi connectivity index (χ2v) is 6.82. The van der Waals surface area contributed by atoms with Crippen molar-refractivity contribution in [3.05, 3.63) is 29.3 Å². The third-order valence-corrected chi connectivity index (χ3v) is 3.75. The summed E-state index contributed by atoms with van der Waals surface area (Å²) in [6.45, 7) is 7.59. The van der Waals surface area contributed by atoms with Gasteiger partial charge in [-0.05, 0) is 44.9 Å². The van der Waals surface area contributed by atoms with Gasteiger partial charge >= 0.3 is 12.1 Å². The summed E-state index contributed by atoms with van der Waals surface area (Å²) in [5.74, 6) is -0.452. The second kappa shape index (κ2) is 7.55. The van der Waals surface area contributed by atoms with E-state index in [1.165, 1.54) is 4.90 Å². The number of hydrogen-bond donors (Lipinski definition) is 1. The first-order valence-electron chi connectivity index (χ1n) is 8.23. The van der Waals surface area contributed by atoms with Gasteiger partial charge in [0.05, 0.1) is 6.61 Å². The molecule has 1 atom stereocenters. The highest BCUT2D eigenvalue weighted by molar-refractivity contribution is 5.87. The molecule has 136 valence electrons. The summed E-state index contributed by atoms with van der Waals surface area (Å²) in [5, 5.41) is 2.73. The molecule has 0 fully saturated rings. The monoisotopic (exact) mass is 348 g/mol. The van der Waals surface area contributed by atoms with Crippen LogP contribution in [0.15, 0.2) is 18.2 Å². The zero-order valence-corrected chi connectivity index (χ0v) is 15.0. The number of amides is 2. The third-order valence-electron chi connectivity index (χ3n) is 3.75. The minimum Gasteiger partial charge on any atom is -0.464 e. The normalized spacial score (nSPS) is 16.6. The number of nitrogens with one attached hydrogen (secondary N) is 1. The first-order chi connectivity index (χ1) is 11.7. The minimum absolute atomic E-state index is 0.243. The number of benzene rings is 1. The van der Waals surface area contributed by atoms with E-state index in [0.29, 0.717) is 12.1 Å². The van der Waals surface area contributed by atoms with Crippen molar-refractivity contribution in [2.24, 2.45) is 0 Å². The molecular weight excluding hydrogens is 324 g/mol. The molecule has 0 saturated heterocycles. The van der Waals surface area contributed by atoms with Crippen molar-refractivity contribution in [1.29, 1.82) is 0 Å². The molecular formula is C18H24N2O5. The van der Waals surface area contributed by atoms with Gasteiger partial charge in [-0.15, -0.1) is 0 Å². The Kier molecular flexibility index (Phi) is 5.66. The molecule has 1 aromatic carbocycles. The topological polar surface area (TPSA) is 84.9 Å². The molecule has 2 rings (SSSR count). The van der Waals surface area contributed by atoms with Crippen LogP contribution in [0.5, 0.6) is 0 Å². The fraction of sp³-hybridized carbons (Fsp3) is 0.500. The van der Waals surface area contributed by atoms with Gasteiger partial charge in [-0.1, -0.05) is 12.1 Å². The smallest absolute Gasteiger partial charge is 0.412 e. The zero-order chi connectivity index (χ0) is 18.6. The van der Waals surface area contributed by atoms with E-state index in [0.717, 1.165) is 11.1 Å². The molecule has 1 aliphatic rings. The predicted octanol–water partition coefficient (Wildman–Crippen LogP) is 2.48. The highest BCUT2D eigenvalue weighted by Gasteiger charge is 2.33. The van der Waals surface area contributed by atoms with Crippen LogP contribution in [-0.4, -0.2) is 41.6 Å². The van der Waals surface area contributed by atoms with Gasteiger partial charge in [0, 0.05) is 18.7 Å². The Balaban J connectivity index is 2.26. The molecule has 0 radical (unpaired) electrons. The highest BCUT2D eigenvalue weighted by Crippen LogP contribution is 2.29. The fourth-order valence-electron chi connectivity index (χ4n) is 2.74. The standard InChI is InChI=1S/C18H24N2O5/c1-5-24-16(22)15-9-13-12(10-20(15)11-21)7-6-8-14(13)19-17(23)25-18(2,3)4/h6-8,11,15H,5,9-10H2,1-4H3,(H,19,23). The summed E-state index contributed by atoms with van der Waals surface area (Å²) in [6, 6.07) is 4.71. The molecule has 0 aromatic heterocycles. The Morgan fingerprint density at radius 2 is 2.08 bits per heavy atom. The van der Waals surface area contributed by atoms with Gasteiger partial charge in [0.25, 0.3) is 0 Å². The van der Waals surface area contributed by atoms with Gasteiger partial charge in [-0.25, -0.2) is 9.59 Å². The van der Waals surface area contributed by atoms with Gasteiger partial charge in [0.2, 0.25) is 6.41 Å². The van der Waals surface area contributed by atoms with E-state index in [1.54, 1.807) is 39.8 Å². The Bertz CT molecular complexity index is 666. The van der Waals surface area contributed by atoms with E-state index in [1.807, 2.05) is 6.07 Å². The van der Waals surface area contributed by atoms with Crippen molar-refractivity contribution in [3.8, 4) is 0 Å². The maximum Gasteiger partial charge on any atom is 0.412 e. The van der Waals surface area contributed by atoms with Crippen LogP contribution >= 0.6 is 0 Å². The molecule has 1 aromatic rings. The molecule has 2 amide bonds. The van der Waals surface area contributed by atoms with Crippen LogP contribution in [0.3, 0.4) is 0 Å². The molecule has 1 heterocycles. The lowest BCUT2D eigenvalue weighted by Gasteiger charge is -2.33. The summed E-state index contributed by atoms with van der Waals surface area (Å²) < 4.78 is 10.3.